The van der Waals surface area contributed by atoms with E-state index >= 15 is 0 Å². The van der Waals surface area contributed by atoms with Crippen LogP contribution in [0.1, 0.15) is 0 Å². The van der Waals surface area contributed by atoms with Crippen LogP contribution in [-0.2, 0) is 53.9 Å². The van der Waals surface area contributed by atoms with Gasteiger partial charge in [0.25, 0.3) is 0 Å². The van der Waals surface area contributed by atoms with Gasteiger partial charge in [0.1, 0.15) is 0 Å². The van der Waals surface area contributed by atoms with Crippen LogP contribution >= 0.6 is 0 Å². The first-order valence-corrected chi connectivity index (χ1v) is 6.77. The van der Waals surface area contributed by atoms with E-state index in [0.29, 0.717) is 0 Å². The number of hydrogen-bond acceptors (Lipinski definition) is 11. The van der Waals surface area contributed by atoms with Gasteiger partial charge in [-0.2, -0.15) is 0 Å². The summed E-state index contributed by atoms with van der Waals surface area (Å²) in [6, 6.07) is 0. The summed E-state index contributed by atoms with van der Waals surface area (Å²) in [5.41, 5.74) is 0. The van der Waals surface area contributed by atoms with E-state index < -0.39 is 33.8 Å². The third kappa shape index (κ3) is 55.1. The zero-order valence-corrected chi connectivity index (χ0v) is 17.2. The maximum atomic E-state index is 9.37. The van der Waals surface area contributed by atoms with Crippen LogP contribution in [-0.4, -0.2) is 30.1 Å². The molecule has 0 aliphatic carbocycles. The molecule has 0 aromatic rings. The van der Waals surface area contributed by atoms with Gasteiger partial charge >= 0.3 is 131 Å². The molecule has 0 amide bonds. The van der Waals surface area contributed by atoms with Crippen molar-refractivity contribution < 1.29 is 166 Å². The predicted octanol–water partition coefficient (Wildman–Crippen LogP) is -9.05. The first-order valence-electron chi connectivity index (χ1n) is 2.13. The second-order valence-corrected chi connectivity index (χ2v) is 4.49. The van der Waals surface area contributed by atoms with Gasteiger partial charge in [-0.05, 0) is 0 Å². The van der Waals surface area contributed by atoms with Crippen LogP contribution in [0.5, 0.6) is 0 Å². The summed E-state index contributed by atoms with van der Waals surface area (Å²) in [7, 11) is -10.6. The standard InChI is InChI=1S/2K.Mn.H2O8S2.H2O.3O/c;;;1-9(2,3)7-8-10(4,5)6;;;;/h;;;(H,1,2,3)(H,4,5,6);1H2;;;/q3*+1;;;;;/p-3. The zero-order valence-electron chi connectivity index (χ0n) is 8.13. The molecule has 1 N–H and O–H groups in total. The Balaban J connectivity index is -0.000000105. The van der Waals surface area contributed by atoms with E-state index in [4.69, 9.17) is 15.7 Å². The summed E-state index contributed by atoms with van der Waals surface area (Å²) in [6.07, 6.45) is 0. The Kier molecular flexibility index (Phi) is 19.1. The Morgan fingerprint density at radius 1 is 0.824 bits per heavy atom. The van der Waals surface area contributed by atoms with Gasteiger partial charge in [-0.3, -0.25) is 0 Å². The minimum absolute atomic E-state index is 0. The van der Waals surface area contributed by atoms with E-state index in [2.05, 4.69) is 8.67 Å². The van der Waals surface area contributed by atoms with Gasteiger partial charge in [0.15, 0.2) is 0 Å². The van der Waals surface area contributed by atoms with E-state index in [1.807, 2.05) is 0 Å². The van der Waals surface area contributed by atoms with Gasteiger partial charge in [-0.25, -0.2) is 16.8 Å². The molecule has 0 atom stereocenters. The van der Waals surface area contributed by atoms with Crippen LogP contribution in [0, 0.1) is 0 Å². The molecule has 17 heteroatoms. The van der Waals surface area contributed by atoms with Crippen LogP contribution in [0.2, 0.25) is 0 Å². The van der Waals surface area contributed by atoms with Crippen molar-refractivity contribution >= 4 is 20.8 Å². The molecule has 0 rings (SSSR count). The fourth-order valence-electron chi connectivity index (χ4n) is 0.0680. The van der Waals surface area contributed by atoms with E-state index in [1.54, 1.807) is 0 Å². The molecule has 17 heavy (non-hydrogen) atoms. The maximum absolute atomic E-state index is 9.37. The summed E-state index contributed by atoms with van der Waals surface area (Å²) in [4.78, 5) is 0. The summed E-state index contributed by atoms with van der Waals surface area (Å²) >= 11 is -5.38. The Morgan fingerprint density at radius 2 is 0.941 bits per heavy atom. The normalized spacial score (nSPS) is 11.2. The molecule has 0 saturated heterocycles. The predicted molar refractivity (Wildman–Crippen MR) is 25.8 cm³/mol. The molecule has 0 fully saturated rings. The van der Waals surface area contributed by atoms with Crippen molar-refractivity contribution in [3.63, 3.8) is 0 Å². The SMILES string of the molecule is O=S(=O)([O-])OOS(=O)(=O)[O-].[K+].[K+].[O]=[Mn](=[O])(=[O])[OH]. The average Bonchev–Trinajstić information content (AvgIpc) is 1.76. The number of hydrogen-bond donors (Lipinski definition) is 1. The molecule has 0 heterocycles. The van der Waals surface area contributed by atoms with Crippen molar-refractivity contribution in [3.05, 3.63) is 0 Å². The minimum atomic E-state index is -5.38. The summed E-state index contributed by atoms with van der Waals surface area (Å²) in [5, 5.41) is 0. The number of rotatable bonds is 3. The van der Waals surface area contributed by atoms with Gasteiger partial charge in [-0.15, -0.1) is 8.67 Å². The fourth-order valence-corrected chi connectivity index (χ4v) is 0.612. The Morgan fingerprint density at radius 3 is 1.00 bits per heavy atom. The third-order valence-electron chi connectivity index (χ3n) is 0.194. The van der Waals surface area contributed by atoms with Crippen LogP contribution in [0.25, 0.3) is 0 Å². The van der Waals surface area contributed by atoms with E-state index in [0.717, 1.165) is 0 Å². The molecular weight excluding hydrogens is 389 g/mol. The van der Waals surface area contributed by atoms with Crippen molar-refractivity contribution in [2.24, 2.45) is 0 Å². The topological polar surface area (TPSA) is 204 Å². The molecular formula is HK2MnO12S2. The van der Waals surface area contributed by atoms with Gasteiger partial charge in [-0.1, -0.05) is 0 Å². The van der Waals surface area contributed by atoms with Gasteiger partial charge in [0, 0.05) is 0 Å². The van der Waals surface area contributed by atoms with E-state index in [1.165, 1.54) is 0 Å². The summed E-state index contributed by atoms with van der Waals surface area (Å²) in [5.74, 6) is 0. The molecule has 0 aliphatic rings. The molecule has 12 nitrogen and oxygen atoms in total. The Hall–Kier alpha value is 2.89. The molecule has 0 aromatic heterocycles. The zero-order chi connectivity index (χ0) is 12.9. The molecule has 0 saturated carbocycles. The third-order valence-corrected chi connectivity index (χ3v) is 0.750. The molecule has 0 unspecified atom stereocenters. The average molecular weight is 390 g/mol. The molecule has 0 bridgehead atoms. The monoisotopic (exact) mass is 390 g/mol. The quantitative estimate of drug-likeness (QED) is 0.157. The first kappa shape index (κ1) is 28.1. The van der Waals surface area contributed by atoms with Crippen LogP contribution in [0.4, 0.5) is 0 Å². The van der Waals surface area contributed by atoms with Crippen molar-refractivity contribution in [1.29, 1.82) is 0 Å². The van der Waals surface area contributed by atoms with Gasteiger partial charge in [0.2, 0.25) is 20.8 Å². The Labute approximate surface area is 182 Å². The van der Waals surface area contributed by atoms with Gasteiger partial charge < -0.3 is 9.11 Å². The fraction of sp³-hybridized carbons (Fsp3) is 0. The van der Waals surface area contributed by atoms with Gasteiger partial charge in [0.05, 0.1) is 0 Å². The molecule has 0 aliphatic heterocycles. The molecule has 94 valence electrons. The second-order valence-electron chi connectivity index (χ2n) is 1.35. The molecule has 0 aromatic carbocycles. The van der Waals surface area contributed by atoms with Crippen LogP contribution in [0.15, 0.2) is 0 Å². The summed E-state index contributed by atoms with van der Waals surface area (Å²) in [6.45, 7) is 0. The van der Waals surface area contributed by atoms with E-state index in [-0.39, 0.29) is 103 Å². The Bertz CT molecular complexity index is 482. The molecule has 0 spiro atoms. The molecule has 0 radical (unpaired) electrons. The van der Waals surface area contributed by atoms with Crippen molar-refractivity contribution in [2.45, 2.75) is 0 Å². The first-order chi connectivity index (χ1) is 6.21. The van der Waals surface area contributed by atoms with Crippen molar-refractivity contribution in [1.82, 2.24) is 0 Å². The second kappa shape index (κ2) is 11.5. The summed E-state index contributed by atoms with van der Waals surface area (Å²) < 4.78 is 94.5. The van der Waals surface area contributed by atoms with Crippen molar-refractivity contribution in [3.8, 4) is 0 Å². The van der Waals surface area contributed by atoms with Crippen molar-refractivity contribution in [2.75, 3.05) is 0 Å². The van der Waals surface area contributed by atoms with Crippen LogP contribution < -0.4 is 103 Å². The van der Waals surface area contributed by atoms with Crippen LogP contribution in [0.3, 0.4) is 0 Å². The van der Waals surface area contributed by atoms with E-state index in [9.17, 15) is 25.9 Å².